The molecule has 1 N–H and O–H groups in total. The van der Waals surface area contributed by atoms with Crippen molar-refractivity contribution < 1.29 is 31.5 Å². The normalized spacial score (nSPS) is 28.8. The fraction of sp³-hybridized carbons (Fsp3) is 0.520. The number of carbonyl (C=O) groups is 2. The molecule has 4 unspecified atom stereocenters. The summed E-state index contributed by atoms with van der Waals surface area (Å²) in [6.07, 6.45) is 6.22. The number of aliphatic hydroxyl groups excluding tert-OH is 1. The van der Waals surface area contributed by atoms with Gasteiger partial charge in [0, 0.05) is 43.0 Å². The molecule has 2 aromatic rings. The van der Waals surface area contributed by atoms with Gasteiger partial charge in [-0.05, 0) is 56.4 Å². The number of hydrogen-bond donors (Lipinski definition) is 1. The molecule has 0 aliphatic carbocycles. The monoisotopic (exact) mass is 666 g/mol. The molecule has 4 atom stereocenters. The summed E-state index contributed by atoms with van der Waals surface area (Å²) in [5.74, 6) is 0.0215. The van der Waals surface area contributed by atoms with Crippen molar-refractivity contribution in [1.82, 2.24) is 8.61 Å². The lowest BCUT2D eigenvalue weighted by atomic mass is 9.83. The molecule has 2 aromatic heterocycles. The second-order valence-corrected chi connectivity index (χ2v) is 17.9. The summed E-state index contributed by atoms with van der Waals surface area (Å²) in [4.78, 5) is 23.6. The number of ketones is 2. The van der Waals surface area contributed by atoms with Crippen LogP contribution in [-0.4, -0.2) is 66.3 Å². The first kappa shape index (κ1) is 30.1. The van der Waals surface area contributed by atoms with Crippen LogP contribution in [0.15, 0.2) is 44.5 Å². The van der Waals surface area contributed by atoms with Gasteiger partial charge in [0.25, 0.3) is 20.0 Å². The lowest BCUT2D eigenvalue weighted by Crippen LogP contribution is -2.55. The van der Waals surface area contributed by atoms with E-state index in [9.17, 15) is 31.5 Å². The van der Waals surface area contributed by atoms with Crippen LogP contribution >= 0.6 is 45.9 Å². The molecule has 4 aliphatic heterocycles. The average Bonchev–Trinajstić information content (AvgIpc) is 3.53. The molecule has 218 valence electrons. The van der Waals surface area contributed by atoms with E-state index in [0.29, 0.717) is 34.4 Å². The van der Waals surface area contributed by atoms with Crippen molar-refractivity contribution in [2.24, 2.45) is 0 Å². The zero-order valence-electron chi connectivity index (χ0n) is 21.2. The molecule has 6 rings (SSSR count). The Morgan fingerprint density at radius 2 is 1.23 bits per heavy atom. The Kier molecular flexibility index (Phi) is 8.86. The Balaban J connectivity index is 0.000000162. The third-order valence-corrected chi connectivity index (χ3v) is 15.2. The Morgan fingerprint density at radius 1 is 0.750 bits per heavy atom. The molecule has 0 radical (unpaired) electrons. The lowest BCUT2D eigenvalue weighted by Gasteiger charge is -2.44. The molecule has 4 saturated heterocycles. The summed E-state index contributed by atoms with van der Waals surface area (Å²) >= 11 is 13.7. The highest BCUT2D eigenvalue weighted by Gasteiger charge is 2.48. The second-order valence-electron chi connectivity index (χ2n) is 10.3. The third-order valence-electron chi connectivity index (χ3n) is 7.80. The van der Waals surface area contributed by atoms with E-state index in [4.69, 9.17) is 23.2 Å². The van der Waals surface area contributed by atoms with E-state index in [1.54, 1.807) is 22.5 Å². The summed E-state index contributed by atoms with van der Waals surface area (Å²) in [6.45, 7) is 0. The first-order chi connectivity index (χ1) is 18.9. The average molecular weight is 668 g/mol. The number of piperidine rings is 4. The molecule has 40 heavy (non-hydrogen) atoms. The van der Waals surface area contributed by atoms with Crippen LogP contribution in [0.4, 0.5) is 0 Å². The van der Waals surface area contributed by atoms with Gasteiger partial charge in [0.1, 0.15) is 14.2 Å². The zero-order valence-corrected chi connectivity index (χ0v) is 26.0. The van der Waals surface area contributed by atoms with Gasteiger partial charge in [-0.25, -0.2) is 16.8 Å². The minimum atomic E-state index is -3.70. The SMILES string of the molecule is O=C1CC2CCCC(/C1=C/O)N2S(=O)(=O)c1ccc(Cl)s1.O=C1CC2CCCC(C1)N2S(=O)(=O)c1ccc(Cl)s1. The summed E-state index contributed by atoms with van der Waals surface area (Å²) in [5, 5.41) is 9.31. The Hall–Kier alpha value is -1.32. The lowest BCUT2D eigenvalue weighted by molar-refractivity contribution is -0.124. The summed E-state index contributed by atoms with van der Waals surface area (Å²) in [7, 11) is -7.21. The summed E-state index contributed by atoms with van der Waals surface area (Å²) in [5.41, 5.74) is 0.192. The van der Waals surface area contributed by atoms with Crippen LogP contribution in [0.3, 0.4) is 0 Å². The Bertz CT molecular complexity index is 1530. The van der Waals surface area contributed by atoms with Gasteiger partial charge in [-0.3, -0.25) is 9.59 Å². The summed E-state index contributed by atoms with van der Waals surface area (Å²) in [6, 6.07) is 4.96. The van der Waals surface area contributed by atoms with E-state index in [0.717, 1.165) is 54.6 Å². The fourth-order valence-electron chi connectivity index (χ4n) is 6.19. The summed E-state index contributed by atoms with van der Waals surface area (Å²) < 4.78 is 55.3. The van der Waals surface area contributed by atoms with Gasteiger partial charge in [-0.2, -0.15) is 8.61 Å². The number of Topliss-reactive ketones (excluding diaryl/α,β-unsaturated/α-hetero) is 2. The highest BCUT2D eigenvalue weighted by atomic mass is 35.5. The minimum Gasteiger partial charge on any atom is -0.515 e. The van der Waals surface area contributed by atoms with Crippen molar-refractivity contribution in [2.75, 3.05) is 0 Å². The van der Waals surface area contributed by atoms with Crippen LogP contribution in [-0.2, 0) is 29.6 Å². The molecule has 0 saturated carbocycles. The third kappa shape index (κ3) is 5.68. The van der Waals surface area contributed by atoms with Crippen molar-refractivity contribution in [3.8, 4) is 0 Å². The molecular formula is C25H28Cl2N2O7S4. The van der Waals surface area contributed by atoms with E-state index in [2.05, 4.69) is 0 Å². The Morgan fingerprint density at radius 3 is 1.70 bits per heavy atom. The van der Waals surface area contributed by atoms with Gasteiger partial charge >= 0.3 is 0 Å². The molecule has 4 fully saturated rings. The molecule has 9 nitrogen and oxygen atoms in total. The maximum absolute atomic E-state index is 12.8. The molecule has 4 aliphatic rings. The number of nitrogens with zero attached hydrogens (tertiary/aromatic N) is 2. The number of halogens is 2. The number of fused-ring (bicyclic) bond motifs is 4. The highest BCUT2D eigenvalue weighted by Crippen LogP contribution is 2.41. The van der Waals surface area contributed by atoms with Crippen molar-refractivity contribution >= 4 is 77.5 Å². The predicted octanol–water partition coefficient (Wildman–Crippen LogP) is 5.40. The van der Waals surface area contributed by atoms with Crippen LogP contribution in [0.25, 0.3) is 0 Å². The van der Waals surface area contributed by atoms with E-state index in [1.165, 1.54) is 10.4 Å². The van der Waals surface area contributed by atoms with Gasteiger partial charge in [0.2, 0.25) is 0 Å². The maximum Gasteiger partial charge on any atom is 0.253 e. The van der Waals surface area contributed by atoms with Crippen molar-refractivity contribution in [1.29, 1.82) is 0 Å². The first-order valence-electron chi connectivity index (χ1n) is 12.9. The number of hydrogen-bond acceptors (Lipinski definition) is 9. The number of aliphatic hydroxyl groups is 1. The van der Waals surface area contributed by atoms with Gasteiger partial charge in [-0.15, -0.1) is 22.7 Å². The van der Waals surface area contributed by atoms with E-state index in [1.807, 2.05) is 0 Å². The quantitative estimate of drug-likeness (QED) is 0.341. The molecule has 0 aromatic carbocycles. The number of carbonyl (C=O) groups excluding carboxylic acids is 2. The van der Waals surface area contributed by atoms with Crippen LogP contribution in [0.2, 0.25) is 8.67 Å². The maximum atomic E-state index is 12.8. The topological polar surface area (TPSA) is 129 Å². The van der Waals surface area contributed by atoms with Crippen LogP contribution < -0.4 is 0 Å². The molecular weight excluding hydrogens is 639 g/mol. The largest absolute Gasteiger partial charge is 0.515 e. The van der Waals surface area contributed by atoms with Crippen molar-refractivity contribution in [3.63, 3.8) is 0 Å². The smallest absolute Gasteiger partial charge is 0.253 e. The molecule has 4 bridgehead atoms. The number of rotatable bonds is 4. The van der Waals surface area contributed by atoms with Gasteiger partial charge < -0.3 is 5.11 Å². The van der Waals surface area contributed by atoms with Gasteiger partial charge in [0.05, 0.1) is 21.0 Å². The van der Waals surface area contributed by atoms with E-state index < -0.39 is 26.1 Å². The molecule has 6 heterocycles. The number of thiophene rings is 2. The van der Waals surface area contributed by atoms with Crippen LogP contribution in [0, 0.1) is 0 Å². The van der Waals surface area contributed by atoms with Crippen molar-refractivity contribution in [3.05, 3.63) is 44.8 Å². The standard InChI is InChI=1S/C13H14ClNO4S2.C12H14ClNO3S2/c14-12-4-5-13(20-12)21(18,19)15-8-2-1-3-10(15)9(7-16)11(17)6-8;13-11-4-5-12(18-11)19(16,17)14-8-2-1-3-9(14)7-10(15)6-8/h4-5,7-8,10,16H,1-3,6H2;4-5,8-9H,1-3,6-7H2/b9-7-;. The fourth-order valence-corrected chi connectivity index (χ4v) is 13.1. The zero-order chi connectivity index (χ0) is 28.8. The second kappa shape index (κ2) is 11.8. The van der Waals surface area contributed by atoms with Crippen LogP contribution in [0.5, 0.6) is 0 Å². The Labute approximate surface area is 251 Å². The highest BCUT2D eigenvalue weighted by molar-refractivity contribution is 7.91. The molecule has 0 amide bonds. The first-order valence-corrected chi connectivity index (χ1v) is 18.2. The predicted molar refractivity (Wildman–Crippen MR) is 154 cm³/mol. The van der Waals surface area contributed by atoms with E-state index in [-0.39, 0.29) is 50.1 Å². The minimum absolute atomic E-state index is 0.126. The molecule has 15 heteroatoms. The van der Waals surface area contributed by atoms with Gasteiger partial charge in [-0.1, -0.05) is 29.6 Å². The van der Waals surface area contributed by atoms with Gasteiger partial charge in [0.15, 0.2) is 5.78 Å². The molecule has 0 spiro atoms. The number of sulfonamides is 2. The van der Waals surface area contributed by atoms with E-state index >= 15 is 0 Å². The van der Waals surface area contributed by atoms with Crippen molar-refractivity contribution in [2.45, 2.75) is 90.4 Å². The van der Waals surface area contributed by atoms with Crippen LogP contribution in [0.1, 0.15) is 57.8 Å².